The molecule has 0 unspecified atom stereocenters. The predicted molar refractivity (Wildman–Crippen MR) is 104 cm³/mol. The number of aromatic nitrogens is 3. The van der Waals surface area contributed by atoms with Gasteiger partial charge in [0.25, 0.3) is 0 Å². The molecular formula is C19H18F3N5O3S. The van der Waals surface area contributed by atoms with E-state index in [0.29, 0.717) is 5.52 Å². The van der Waals surface area contributed by atoms with Crippen molar-refractivity contribution in [1.29, 1.82) is 0 Å². The van der Waals surface area contributed by atoms with Crippen molar-refractivity contribution < 1.29 is 26.4 Å². The number of sulfonamides is 1. The Morgan fingerprint density at radius 3 is 2.26 bits per heavy atom. The molecule has 1 aliphatic heterocycles. The van der Waals surface area contributed by atoms with E-state index in [1.165, 1.54) is 13.9 Å². The lowest BCUT2D eigenvalue weighted by molar-refractivity contribution is -0.137. The Morgan fingerprint density at radius 1 is 0.968 bits per heavy atom. The number of para-hydroxylation sites is 1. The van der Waals surface area contributed by atoms with E-state index >= 15 is 0 Å². The number of carbonyl (C=O) groups is 1. The maximum atomic E-state index is 12.7. The quantitative estimate of drug-likeness (QED) is 0.603. The molecule has 2 aromatic carbocycles. The molecule has 0 spiro atoms. The third-order valence-electron chi connectivity index (χ3n) is 5.12. The molecule has 1 aliphatic rings. The molecule has 3 aromatic rings. The number of carbonyl (C=O) groups excluding carboxylic acids is 1. The maximum Gasteiger partial charge on any atom is 0.416 e. The minimum Gasteiger partial charge on any atom is -0.338 e. The number of hydrogen-bond acceptors (Lipinski definition) is 5. The van der Waals surface area contributed by atoms with Crippen molar-refractivity contribution in [1.82, 2.24) is 24.2 Å². The van der Waals surface area contributed by atoms with Crippen molar-refractivity contribution in [2.75, 3.05) is 26.2 Å². The van der Waals surface area contributed by atoms with Gasteiger partial charge < -0.3 is 4.90 Å². The van der Waals surface area contributed by atoms with E-state index in [1.807, 2.05) is 12.1 Å². The summed E-state index contributed by atoms with van der Waals surface area (Å²) in [5.41, 5.74) is 0.477. The minimum absolute atomic E-state index is 0.0217. The lowest BCUT2D eigenvalue weighted by Crippen LogP contribution is -2.51. The number of piperazine rings is 1. The van der Waals surface area contributed by atoms with Crippen LogP contribution in [0.5, 0.6) is 0 Å². The average molecular weight is 453 g/mol. The summed E-state index contributed by atoms with van der Waals surface area (Å²) < 4.78 is 66.3. The van der Waals surface area contributed by atoms with Crippen LogP contribution in [0.25, 0.3) is 11.0 Å². The Hall–Kier alpha value is -2.99. The zero-order valence-corrected chi connectivity index (χ0v) is 17.0. The van der Waals surface area contributed by atoms with Gasteiger partial charge in [0, 0.05) is 26.2 Å². The van der Waals surface area contributed by atoms with Crippen molar-refractivity contribution >= 4 is 27.0 Å². The third-order valence-corrected chi connectivity index (χ3v) is 7.03. The first-order chi connectivity index (χ1) is 14.7. The summed E-state index contributed by atoms with van der Waals surface area (Å²) in [6, 6.07) is 10.6. The number of amides is 1. The minimum atomic E-state index is -4.54. The molecule has 12 heteroatoms. The molecular weight excluding hydrogens is 435 g/mol. The molecule has 0 N–H and O–H groups in total. The van der Waals surface area contributed by atoms with E-state index in [9.17, 15) is 26.4 Å². The molecule has 0 radical (unpaired) electrons. The lowest BCUT2D eigenvalue weighted by Gasteiger charge is -2.34. The zero-order chi connectivity index (χ0) is 22.2. The Kier molecular flexibility index (Phi) is 5.43. The summed E-state index contributed by atoms with van der Waals surface area (Å²) in [7, 11) is -3.95. The van der Waals surface area contributed by atoms with Crippen LogP contribution in [0, 0.1) is 0 Å². The van der Waals surface area contributed by atoms with Gasteiger partial charge in [-0.05, 0) is 36.4 Å². The van der Waals surface area contributed by atoms with E-state index < -0.39 is 21.8 Å². The van der Waals surface area contributed by atoms with Crippen molar-refractivity contribution in [3.63, 3.8) is 0 Å². The second-order valence-electron chi connectivity index (χ2n) is 7.04. The summed E-state index contributed by atoms with van der Waals surface area (Å²) in [6.07, 6.45) is -4.54. The van der Waals surface area contributed by atoms with Gasteiger partial charge >= 0.3 is 6.18 Å². The first-order valence-electron chi connectivity index (χ1n) is 9.40. The summed E-state index contributed by atoms with van der Waals surface area (Å²) in [5.74, 6) is -0.220. The van der Waals surface area contributed by atoms with Gasteiger partial charge in [0.2, 0.25) is 15.9 Å². The van der Waals surface area contributed by atoms with Crippen molar-refractivity contribution in [2.45, 2.75) is 17.6 Å². The summed E-state index contributed by atoms with van der Waals surface area (Å²) in [6.45, 7) is 0.420. The number of fused-ring (bicyclic) bond motifs is 1. The molecule has 2 heterocycles. The number of nitrogens with zero attached hydrogens (tertiary/aromatic N) is 5. The van der Waals surface area contributed by atoms with Gasteiger partial charge in [-0.3, -0.25) is 4.79 Å². The van der Waals surface area contributed by atoms with E-state index in [0.717, 1.165) is 29.8 Å². The number of hydrogen-bond donors (Lipinski definition) is 0. The van der Waals surface area contributed by atoms with Crippen LogP contribution in [0.4, 0.5) is 13.2 Å². The second-order valence-corrected chi connectivity index (χ2v) is 8.98. The third kappa shape index (κ3) is 4.26. The Morgan fingerprint density at radius 2 is 1.61 bits per heavy atom. The summed E-state index contributed by atoms with van der Waals surface area (Å²) >= 11 is 0. The normalized spacial score (nSPS) is 16.0. The first-order valence-corrected chi connectivity index (χ1v) is 10.8. The Labute approximate surface area is 175 Å². The van der Waals surface area contributed by atoms with E-state index in [4.69, 9.17) is 0 Å². The van der Waals surface area contributed by atoms with Crippen molar-refractivity contribution in [3.8, 4) is 0 Å². The lowest BCUT2D eigenvalue weighted by atomic mass is 10.2. The Bertz CT molecular complexity index is 1200. The van der Waals surface area contributed by atoms with E-state index in [1.54, 1.807) is 12.1 Å². The highest BCUT2D eigenvalue weighted by Crippen LogP contribution is 2.30. The molecule has 1 amide bonds. The molecule has 1 saturated heterocycles. The maximum absolute atomic E-state index is 12.7. The number of rotatable bonds is 4. The fourth-order valence-electron chi connectivity index (χ4n) is 3.41. The fourth-order valence-corrected chi connectivity index (χ4v) is 4.83. The molecule has 0 saturated carbocycles. The highest BCUT2D eigenvalue weighted by atomic mass is 32.2. The summed E-state index contributed by atoms with van der Waals surface area (Å²) in [5, 5.41) is 7.98. The molecule has 0 atom stereocenters. The van der Waals surface area contributed by atoms with Gasteiger partial charge in [0.15, 0.2) is 0 Å². The van der Waals surface area contributed by atoms with E-state index in [2.05, 4.69) is 10.3 Å². The van der Waals surface area contributed by atoms with Gasteiger partial charge in [0.1, 0.15) is 12.1 Å². The molecule has 8 nitrogen and oxygen atoms in total. The largest absolute Gasteiger partial charge is 0.416 e. The van der Waals surface area contributed by atoms with Crippen LogP contribution in [0.1, 0.15) is 5.56 Å². The predicted octanol–water partition coefficient (Wildman–Crippen LogP) is 1.98. The van der Waals surface area contributed by atoms with Crippen LogP contribution in [-0.2, 0) is 27.5 Å². The van der Waals surface area contributed by atoms with Crippen LogP contribution < -0.4 is 0 Å². The van der Waals surface area contributed by atoms with Crippen LogP contribution in [-0.4, -0.2) is 64.7 Å². The number of benzene rings is 2. The molecule has 1 fully saturated rings. The number of alkyl halides is 3. The molecule has 1 aromatic heterocycles. The second kappa shape index (κ2) is 7.93. The van der Waals surface area contributed by atoms with Gasteiger partial charge in [-0.2, -0.15) is 17.5 Å². The van der Waals surface area contributed by atoms with Gasteiger partial charge in [-0.1, -0.05) is 17.3 Å². The zero-order valence-electron chi connectivity index (χ0n) is 16.2. The van der Waals surface area contributed by atoms with Gasteiger partial charge in [-0.15, -0.1) is 5.10 Å². The standard InChI is InChI=1S/C19H18F3N5O3S/c20-19(21,22)14-5-7-15(8-6-14)31(29,30)26-11-9-25(10-12-26)18(28)13-27-17-4-2-1-3-16(17)23-24-27/h1-8H,9-13H2. The number of halogens is 3. The highest BCUT2D eigenvalue weighted by Gasteiger charge is 2.33. The van der Waals surface area contributed by atoms with E-state index in [-0.39, 0.29) is 43.5 Å². The first kappa shape index (κ1) is 21.2. The monoisotopic (exact) mass is 453 g/mol. The van der Waals surface area contributed by atoms with Gasteiger partial charge in [-0.25, -0.2) is 13.1 Å². The fraction of sp³-hybridized carbons (Fsp3) is 0.316. The molecule has 4 rings (SSSR count). The molecule has 31 heavy (non-hydrogen) atoms. The van der Waals surface area contributed by atoms with Crippen LogP contribution in [0.15, 0.2) is 53.4 Å². The molecule has 0 aliphatic carbocycles. The van der Waals surface area contributed by atoms with Crippen molar-refractivity contribution in [2.24, 2.45) is 0 Å². The summed E-state index contributed by atoms with van der Waals surface area (Å²) in [4.78, 5) is 14.0. The van der Waals surface area contributed by atoms with Gasteiger partial charge in [0.05, 0.1) is 16.0 Å². The van der Waals surface area contributed by atoms with Crippen molar-refractivity contribution in [3.05, 3.63) is 54.1 Å². The van der Waals surface area contributed by atoms with Crippen LogP contribution >= 0.6 is 0 Å². The average Bonchev–Trinajstić information content (AvgIpc) is 3.16. The highest BCUT2D eigenvalue weighted by molar-refractivity contribution is 7.89. The molecule has 164 valence electrons. The Balaban J connectivity index is 1.40. The van der Waals surface area contributed by atoms with Crippen LogP contribution in [0.2, 0.25) is 0 Å². The van der Waals surface area contributed by atoms with Crippen LogP contribution in [0.3, 0.4) is 0 Å². The molecule has 0 bridgehead atoms. The smallest absolute Gasteiger partial charge is 0.338 e. The topological polar surface area (TPSA) is 88.4 Å². The SMILES string of the molecule is O=C(Cn1nnc2ccccc21)N1CCN(S(=O)(=O)c2ccc(C(F)(F)F)cc2)CC1.